The van der Waals surface area contributed by atoms with Gasteiger partial charge >= 0.3 is 5.97 Å². The number of unbranched alkanes of at least 4 members (excludes halogenated alkanes) is 3. The van der Waals surface area contributed by atoms with E-state index in [0.717, 1.165) is 41.4 Å². The van der Waals surface area contributed by atoms with Crippen molar-refractivity contribution in [2.24, 2.45) is 5.92 Å². The minimum atomic E-state index is -0.746. The highest BCUT2D eigenvalue weighted by atomic mass is 16.4. The first-order valence-electron chi connectivity index (χ1n) is 10.7. The van der Waals surface area contributed by atoms with Crippen LogP contribution in [0.3, 0.4) is 0 Å². The summed E-state index contributed by atoms with van der Waals surface area (Å²) in [5.74, 6) is -0.820. The molecular weight excluding hydrogens is 376 g/mol. The molecule has 0 saturated carbocycles. The topological polar surface area (TPSA) is 82.2 Å². The molecule has 3 rings (SSSR count). The van der Waals surface area contributed by atoms with Gasteiger partial charge in [0.1, 0.15) is 0 Å². The van der Waals surface area contributed by atoms with Gasteiger partial charge in [-0.1, -0.05) is 61.4 Å². The number of aliphatic carboxylic acids is 1. The van der Waals surface area contributed by atoms with Crippen LogP contribution < -0.4 is 5.32 Å². The van der Waals surface area contributed by atoms with Crippen LogP contribution in [0.1, 0.15) is 43.4 Å². The molecule has 2 aromatic carbocycles. The molecule has 30 heavy (non-hydrogen) atoms. The van der Waals surface area contributed by atoms with Crippen LogP contribution >= 0.6 is 0 Å². The van der Waals surface area contributed by atoms with Crippen molar-refractivity contribution in [3.8, 4) is 0 Å². The Morgan fingerprint density at radius 3 is 2.40 bits per heavy atom. The van der Waals surface area contributed by atoms with E-state index >= 15 is 0 Å². The predicted molar refractivity (Wildman–Crippen MR) is 119 cm³/mol. The van der Waals surface area contributed by atoms with Gasteiger partial charge in [-0.25, -0.2) is 0 Å². The summed E-state index contributed by atoms with van der Waals surface area (Å²) in [5, 5.41) is 12.9. The molecule has 3 aromatic rings. The Balaban J connectivity index is 1.56. The van der Waals surface area contributed by atoms with Gasteiger partial charge in [-0.2, -0.15) is 0 Å². The smallest absolute Gasteiger partial charge is 0.303 e. The molecule has 1 aromatic heterocycles. The fourth-order valence-corrected chi connectivity index (χ4v) is 3.78. The summed E-state index contributed by atoms with van der Waals surface area (Å²) in [6, 6.07) is 20.4. The number of para-hydroxylation sites is 1. The number of hydrogen-bond acceptors (Lipinski definition) is 2. The van der Waals surface area contributed by atoms with Crippen molar-refractivity contribution in [1.29, 1.82) is 0 Å². The number of carbonyl (C=O) groups excluding carboxylic acids is 1. The monoisotopic (exact) mass is 406 g/mol. The largest absolute Gasteiger partial charge is 0.481 e. The van der Waals surface area contributed by atoms with Gasteiger partial charge in [0.25, 0.3) is 0 Å². The molecule has 1 atom stereocenters. The van der Waals surface area contributed by atoms with Crippen molar-refractivity contribution in [3.63, 3.8) is 0 Å². The lowest BCUT2D eigenvalue weighted by Gasteiger charge is -2.16. The van der Waals surface area contributed by atoms with E-state index in [1.165, 1.54) is 0 Å². The van der Waals surface area contributed by atoms with E-state index < -0.39 is 5.97 Å². The number of H-pyrrole nitrogens is 1. The summed E-state index contributed by atoms with van der Waals surface area (Å²) in [6.07, 6.45) is 4.95. The zero-order valence-electron chi connectivity index (χ0n) is 17.3. The molecule has 0 spiro atoms. The second-order valence-corrected chi connectivity index (χ2v) is 7.82. The van der Waals surface area contributed by atoms with Crippen LogP contribution in [0.25, 0.3) is 10.9 Å². The Morgan fingerprint density at radius 1 is 0.900 bits per heavy atom. The van der Waals surface area contributed by atoms with Gasteiger partial charge in [0.15, 0.2) is 0 Å². The van der Waals surface area contributed by atoms with Crippen LogP contribution in [-0.2, 0) is 22.4 Å². The molecule has 158 valence electrons. The molecule has 0 bridgehead atoms. The minimum absolute atomic E-state index is 0.0723. The van der Waals surface area contributed by atoms with Crippen molar-refractivity contribution in [1.82, 2.24) is 10.3 Å². The fraction of sp³-hybridized carbons (Fsp3) is 0.360. The molecule has 0 saturated heterocycles. The Bertz CT molecular complexity index is 916. The maximum Gasteiger partial charge on any atom is 0.303 e. The average Bonchev–Trinajstić information content (AvgIpc) is 3.15. The Labute approximate surface area is 177 Å². The van der Waals surface area contributed by atoms with Gasteiger partial charge in [0.2, 0.25) is 5.91 Å². The number of fused-ring (bicyclic) bond motifs is 1. The third kappa shape index (κ3) is 6.76. The lowest BCUT2D eigenvalue weighted by Crippen LogP contribution is -2.34. The number of nitrogens with one attached hydrogen (secondary N) is 2. The van der Waals surface area contributed by atoms with Crippen LogP contribution in [0.15, 0.2) is 60.7 Å². The number of carbonyl (C=O) groups is 2. The quantitative estimate of drug-likeness (QED) is 0.381. The summed E-state index contributed by atoms with van der Waals surface area (Å²) in [5.41, 5.74) is 3.32. The Kier molecular flexibility index (Phi) is 8.07. The van der Waals surface area contributed by atoms with E-state index in [1.807, 2.05) is 30.3 Å². The van der Waals surface area contributed by atoms with Gasteiger partial charge < -0.3 is 15.4 Å². The van der Waals surface area contributed by atoms with Crippen LogP contribution in [0.2, 0.25) is 0 Å². The minimum Gasteiger partial charge on any atom is -0.481 e. The molecule has 0 fully saturated rings. The number of amides is 1. The molecule has 0 radical (unpaired) electrons. The first-order chi connectivity index (χ1) is 14.6. The zero-order chi connectivity index (χ0) is 21.2. The highest BCUT2D eigenvalue weighted by Gasteiger charge is 2.20. The van der Waals surface area contributed by atoms with E-state index in [-0.39, 0.29) is 18.2 Å². The Morgan fingerprint density at radius 2 is 1.63 bits per heavy atom. The molecule has 3 N–H and O–H groups in total. The average molecular weight is 407 g/mol. The van der Waals surface area contributed by atoms with Gasteiger partial charge in [0, 0.05) is 30.1 Å². The molecular formula is C25H30N2O3. The van der Waals surface area contributed by atoms with Gasteiger partial charge in [-0.3, -0.25) is 9.59 Å². The van der Waals surface area contributed by atoms with Crippen molar-refractivity contribution in [2.45, 2.75) is 44.9 Å². The number of aromatic amines is 1. The van der Waals surface area contributed by atoms with E-state index in [1.54, 1.807) is 0 Å². The lowest BCUT2D eigenvalue weighted by atomic mass is 9.93. The molecule has 5 heteroatoms. The van der Waals surface area contributed by atoms with Crippen LogP contribution in [0.4, 0.5) is 0 Å². The second kappa shape index (κ2) is 11.2. The molecule has 0 aliphatic heterocycles. The summed E-state index contributed by atoms with van der Waals surface area (Å²) in [7, 11) is 0. The molecule has 5 nitrogen and oxygen atoms in total. The standard InChI is InChI=1S/C25H30N2O3/c28-24(29)14-6-1-2-9-15-26-25(30)21(16-19-10-4-3-5-11-19)18-22-17-20-12-7-8-13-23(20)27-22/h3-5,7-8,10-13,17,21,27H,1-2,6,9,14-16,18H2,(H,26,30)(H,28,29). The molecule has 1 heterocycles. The van der Waals surface area contributed by atoms with Crippen molar-refractivity contribution >= 4 is 22.8 Å². The summed E-state index contributed by atoms with van der Waals surface area (Å²) in [6.45, 7) is 0.629. The number of benzene rings is 2. The number of rotatable bonds is 12. The van der Waals surface area contributed by atoms with Crippen LogP contribution in [-0.4, -0.2) is 28.5 Å². The van der Waals surface area contributed by atoms with Crippen LogP contribution in [0, 0.1) is 5.92 Å². The van der Waals surface area contributed by atoms with Crippen molar-refractivity contribution in [2.75, 3.05) is 6.54 Å². The number of aromatic nitrogens is 1. The first kappa shape index (κ1) is 21.6. The third-order valence-corrected chi connectivity index (χ3v) is 5.36. The molecule has 1 unspecified atom stereocenters. The van der Waals surface area contributed by atoms with Gasteiger partial charge in [-0.15, -0.1) is 0 Å². The van der Waals surface area contributed by atoms with E-state index in [2.05, 4.69) is 40.6 Å². The highest BCUT2D eigenvalue weighted by Crippen LogP contribution is 2.20. The summed E-state index contributed by atoms with van der Waals surface area (Å²) >= 11 is 0. The SMILES string of the molecule is O=C(O)CCCCCCNC(=O)C(Cc1ccccc1)Cc1cc2ccccc2[nH]1. The number of carboxylic acids is 1. The van der Waals surface area contributed by atoms with Crippen molar-refractivity contribution in [3.05, 3.63) is 71.9 Å². The first-order valence-corrected chi connectivity index (χ1v) is 10.7. The van der Waals surface area contributed by atoms with Gasteiger partial charge in [0.05, 0.1) is 0 Å². The van der Waals surface area contributed by atoms with E-state index in [9.17, 15) is 9.59 Å². The number of hydrogen-bond donors (Lipinski definition) is 3. The third-order valence-electron chi connectivity index (χ3n) is 5.36. The maximum atomic E-state index is 12.9. The molecule has 0 aliphatic carbocycles. The normalized spacial score (nSPS) is 12.0. The lowest BCUT2D eigenvalue weighted by molar-refractivity contribution is -0.137. The maximum absolute atomic E-state index is 12.9. The number of carboxylic acid groups (broad SMARTS) is 1. The zero-order valence-corrected chi connectivity index (χ0v) is 17.3. The highest BCUT2D eigenvalue weighted by molar-refractivity contribution is 5.82. The van der Waals surface area contributed by atoms with E-state index in [4.69, 9.17) is 5.11 Å². The fourth-order valence-electron chi connectivity index (χ4n) is 3.78. The molecule has 1 amide bonds. The Hall–Kier alpha value is -3.08. The summed E-state index contributed by atoms with van der Waals surface area (Å²) in [4.78, 5) is 26.9. The van der Waals surface area contributed by atoms with Gasteiger partial charge in [-0.05, 0) is 48.8 Å². The van der Waals surface area contributed by atoms with E-state index in [0.29, 0.717) is 25.8 Å². The van der Waals surface area contributed by atoms with Crippen molar-refractivity contribution < 1.29 is 14.7 Å². The van der Waals surface area contributed by atoms with Crippen LogP contribution in [0.5, 0.6) is 0 Å². The predicted octanol–water partition coefficient (Wildman–Crippen LogP) is 4.72. The molecule has 0 aliphatic rings. The second-order valence-electron chi connectivity index (χ2n) is 7.82. The summed E-state index contributed by atoms with van der Waals surface area (Å²) < 4.78 is 0.